The molecular weight excluding hydrogens is 336 g/mol. The number of carbonyl (C=O) groups excluding carboxylic acids is 1. The van der Waals surface area contributed by atoms with E-state index in [9.17, 15) is 9.90 Å². The number of benzene rings is 1. The van der Waals surface area contributed by atoms with E-state index in [2.05, 4.69) is 27.4 Å². The summed E-state index contributed by atoms with van der Waals surface area (Å²) in [4.78, 5) is 12.0. The highest BCUT2D eigenvalue weighted by atomic mass is 16.5. The summed E-state index contributed by atoms with van der Waals surface area (Å²) in [7, 11) is 0. The Morgan fingerprint density at radius 1 is 1.30 bits per heavy atom. The van der Waals surface area contributed by atoms with Crippen molar-refractivity contribution in [3.63, 3.8) is 0 Å². The van der Waals surface area contributed by atoms with Crippen LogP contribution in [-0.2, 0) is 11.2 Å². The second kappa shape index (κ2) is 11.1. The van der Waals surface area contributed by atoms with Crippen molar-refractivity contribution in [1.82, 2.24) is 0 Å². The molecule has 3 nitrogen and oxygen atoms in total. The summed E-state index contributed by atoms with van der Waals surface area (Å²) in [6, 6.07) is 7.48. The Morgan fingerprint density at radius 3 is 2.52 bits per heavy atom. The average molecular weight is 373 g/mol. The topological polar surface area (TPSA) is 46.5 Å². The van der Waals surface area contributed by atoms with Crippen LogP contribution in [0.1, 0.15) is 69.8 Å². The van der Waals surface area contributed by atoms with E-state index in [1.165, 1.54) is 0 Å². The van der Waals surface area contributed by atoms with Crippen LogP contribution in [0.3, 0.4) is 0 Å². The fourth-order valence-electron chi connectivity index (χ4n) is 3.82. The molecule has 2 atom stereocenters. The Labute approximate surface area is 165 Å². The monoisotopic (exact) mass is 372 g/mol. The molecule has 0 aliphatic rings. The summed E-state index contributed by atoms with van der Waals surface area (Å²) in [6.07, 6.45) is 7.13. The lowest BCUT2D eigenvalue weighted by Gasteiger charge is -2.39. The van der Waals surface area contributed by atoms with E-state index in [1.807, 2.05) is 37.3 Å². The van der Waals surface area contributed by atoms with Gasteiger partial charge in [0.2, 0.25) is 0 Å². The van der Waals surface area contributed by atoms with Crippen molar-refractivity contribution in [2.24, 2.45) is 11.8 Å². The predicted molar refractivity (Wildman–Crippen MR) is 113 cm³/mol. The summed E-state index contributed by atoms with van der Waals surface area (Å²) in [6.45, 7) is 14.7. The molecule has 0 radical (unpaired) electrons. The first kappa shape index (κ1) is 23.2. The molecule has 0 saturated heterocycles. The maximum Gasteiger partial charge on any atom is 0.338 e. The summed E-state index contributed by atoms with van der Waals surface area (Å²) in [5.74, 6) is 0.227. The van der Waals surface area contributed by atoms with E-state index >= 15 is 0 Å². The normalized spacial score (nSPS) is 14.9. The fourth-order valence-corrected chi connectivity index (χ4v) is 3.82. The zero-order valence-electron chi connectivity index (χ0n) is 17.6. The number of hydrogen-bond acceptors (Lipinski definition) is 3. The lowest BCUT2D eigenvalue weighted by molar-refractivity contribution is -0.00771. The van der Waals surface area contributed by atoms with Crippen molar-refractivity contribution in [3.8, 4) is 0 Å². The molecule has 0 spiro atoms. The van der Waals surface area contributed by atoms with Gasteiger partial charge in [0, 0.05) is 0 Å². The van der Waals surface area contributed by atoms with Crippen LogP contribution in [0.4, 0.5) is 0 Å². The third-order valence-corrected chi connectivity index (χ3v) is 5.67. The van der Waals surface area contributed by atoms with Crippen LogP contribution in [-0.4, -0.2) is 23.3 Å². The minimum absolute atomic E-state index is 0.101. The molecule has 0 fully saturated rings. The van der Waals surface area contributed by atoms with Gasteiger partial charge in [-0.2, -0.15) is 0 Å². The van der Waals surface area contributed by atoms with Crippen LogP contribution in [0.25, 0.3) is 0 Å². The van der Waals surface area contributed by atoms with Gasteiger partial charge in [-0.15, -0.1) is 0 Å². The van der Waals surface area contributed by atoms with Crippen LogP contribution < -0.4 is 0 Å². The molecule has 0 aliphatic heterocycles. The highest BCUT2D eigenvalue weighted by molar-refractivity contribution is 5.89. The number of ether oxygens (including phenoxy) is 1. The zero-order chi connectivity index (χ0) is 20.4. The minimum Gasteiger partial charge on any atom is -0.462 e. The van der Waals surface area contributed by atoms with E-state index in [4.69, 9.17) is 4.74 Å². The van der Waals surface area contributed by atoms with Gasteiger partial charge in [0.05, 0.1) is 17.8 Å². The SMILES string of the molecule is C=C(C=CC)C(O)(CCc1cccc(C(=O)OCC)c1)C(C)C(CC)CC. The molecule has 3 heteroatoms. The summed E-state index contributed by atoms with van der Waals surface area (Å²) in [5.41, 5.74) is 1.36. The maximum absolute atomic E-state index is 12.0. The number of rotatable bonds is 11. The quantitative estimate of drug-likeness (QED) is 0.398. The summed E-state index contributed by atoms with van der Waals surface area (Å²) >= 11 is 0. The van der Waals surface area contributed by atoms with Gasteiger partial charge in [-0.25, -0.2) is 4.79 Å². The first-order valence-electron chi connectivity index (χ1n) is 10.1. The van der Waals surface area contributed by atoms with Crippen molar-refractivity contribution >= 4 is 5.97 Å². The molecule has 1 rings (SSSR count). The highest BCUT2D eigenvalue weighted by Gasteiger charge is 2.38. The van der Waals surface area contributed by atoms with Gasteiger partial charge in [-0.05, 0) is 61.8 Å². The smallest absolute Gasteiger partial charge is 0.338 e. The Balaban J connectivity index is 3.05. The van der Waals surface area contributed by atoms with E-state index in [1.54, 1.807) is 13.0 Å². The van der Waals surface area contributed by atoms with Gasteiger partial charge < -0.3 is 9.84 Å². The van der Waals surface area contributed by atoms with Gasteiger partial charge in [0.15, 0.2) is 0 Å². The summed E-state index contributed by atoms with van der Waals surface area (Å²) < 4.78 is 5.09. The van der Waals surface area contributed by atoms with Gasteiger partial charge in [0.25, 0.3) is 0 Å². The number of allylic oxidation sites excluding steroid dienone is 1. The third-order valence-electron chi connectivity index (χ3n) is 5.67. The van der Waals surface area contributed by atoms with E-state index in [0.29, 0.717) is 30.9 Å². The van der Waals surface area contributed by atoms with Crippen molar-refractivity contribution in [1.29, 1.82) is 0 Å². The van der Waals surface area contributed by atoms with Crippen molar-refractivity contribution in [3.05, 3.63) is 59.7 Å². The molecule has 0 heterocycles. The largest absolute Gasteiger partial charge is 0.462 e. The third kappa shape index (κ3) is 6.07. The Bertz CT molecular complexity index is 643. The van der Waals surface area contributed by atoms with Crippen LogP contribution in [0.15, 0.2) is 48.6 Å². The molecule has 0 aliphatic carbocycles. The number of carbonyl (C=O) groups is 1. The molecule has 0 amide bonds. The van der Waals surface area contributed by atoms with Crippen LogP contribution in [0, 0.1) is 11.8 Å². The van der Waals surface area contributed by atoms with E-state index < -0.39 is 5.60 Å². The molecule has 2 unspecified atom stereocenters. The number of esters is 1. The molecule has 27 heavy (non-hydrogen) atoms. The zero-order valence-corrected chi connectivity index (χ0v) is 17.6. The number of hydrogen-bond donors (Lipinski definition) is 1. The molecule has 1 N–H and O–H groups in total. The van der Waals surface area contributed by atoms with Gasteiger partial charge in [-0.1, -0.05) is 64.5 Å². The molecule has 1 aromatic rings. The molecule has 0 aromatic heterocycles. The lowest BCUT2D eigenvalue weighted by atomic mass is 9.71. The van der Waals surface area contributed by atoms with Crippen LogP contribution in [0.2, 0.25) is 0 Å². The van der Waals surface area contributed by atoms with E-state index in [0.717, 1.165) is 24.0 Å². The van der Waals surface area contributed by atoms with Crippen LogP contribution >= 0.6 is 0 Å². The fraction of sp³-hybridized carbons (Fsp3) is 0.542. The highest BCUT2D eigenvalue weighted by Crippen LogP contribution is 2.38. The van der Waals surface area contributed by atoms with Crippen molar-refractivity contribution in [2.75, 3.05) is 6.61 Å². The average Bonchev–Trinajstić information content (AvgIpc) is 2.67. The standard InChI is InChI=1S/C24H36O3/c1-7-12-18(5)24(26,19(6)21(8-2)9-3)16-15-20-13-11-14-22(17-20)23(25)27-10-4/h7,11-14,17,19,21,26H,5,8-10,15-16H2,1-4,6H3. The molecule has 0 saturated carbocycles. The second-order valence-corrected chi connectivity index (χ2v) is 7.24. The Kier molecular flexibility index (Phi) is 9.51. The van der Waals surface area contributed by atoms with Crippen molar-refractivity contribution in [2.45, 2.75) is 65.9 Å². The summed E-state index contributed by atoms with van der Waals surface area (Å²) in [5, 5.41) is 11.6. The predicted octanol–water partition coefficient (Wildman–Crippen LogP) is 5.73. The number of aliphatic hydroxyl groups is 1. The molecule has 0 bridgehead atoms. The minimum atomic E-state index is -0.969. The van der Waals surface area contributed by atoms with Gasteiger partial charge >= 0.3 is 5.97 Å². The van der Waals surface area contributed by atoms with Gasteiger partial charge in [-0.3, -0.25) is 0 Å². The van der Waals surface area contributed by atoms with Gasteiger partial charge in [0.1, 0.15) is 0 Å². The second-order valence-electron chi connectivity index (χ2n) is 7.24. The molecule has 1 aromatic carbocycles. The first-order valence-corrected chi connectivity index (χ1v) is 10.1. The van der Waals surface area contributed by atoms with Crippen LogP contribution in [0.5, 0.6) is 0 Å². The van der Waals surface area contributed by atoms with E-state index in [-0.39, 0.29) is 11.9 Å². The van der Waals surface area contributed by atoms with Crippen molar-refractivity contribution < 1.29 is 14.6 Å². The Morgan fingerprint density at radius 2 is 1.96 bits per heavy atom. The lowest BCUT2D eigenvalue weighted by Crippen LogP contribution is -2.42. The maximum atomic E-state index is 12.0. The Hall–Kier alpha value is -1.87. The number of aryl methyl sites for hydroxylation is 1. The first-order chi connectivity index (χ1) is 12.8. The molecule has 150 valence electrons. The molecular formula is C24H36O3.